The van der Waals surface area contributed by atoms with Gasteiger partial charge in [0.15, 0.2) is 0 Å². The van der Waals surface area contributed by atoms with Gasteiger partial charge in [0.2, 0.25) is 0 Å². The van der Waals surface area contributed by atoms with Crippen LogP contribution in [0.25, 0.3) is 33.3 Å². The maximum Gasteiger partial charge on any atom is 0.309 e. The minimum atomic E-state index is -0.159. The van der Waals surface area contributed by atoms with Crippen LogP contribution in [0.5, 0.6) is 0 Å². The van der Waals surface area contributed by atoms with E-state index in [0.717, 1.165) is 82.4 Å². The summed E-state index contributed by atoms with van der Waals surface area (Å²) in [4.78, 5) is 42.4. The number of aromatic amines is 2. The quantitative estimate of drug-likeness (QED) is 0.197. The van der Waals surface area contributed by atoms with Crippen molar-refractivity contribution >= 4 is 61.9 Å². The Morgan fingerprint density at radius 1 is 1.07 bits per heavy atom. The fraction of sp³-hybridized carbons (Fsp3) is 0.452. The number of H-pyrrole nitrogens is 2. The Bertz CT molecular complexity index is 1630. The lowest BCUT2D eigenvalue weighted by Gasteiger charge is -2.45. The molecule has 6 heterocycles. The molecule has 3 N–H and O–H groups in total. The summed E-state index contributed by atoms with van der Waals surface area (Å²) >= 11 is 2.41. The minimum Gasteiger partial charge on any atom is -0.466 e. The Hall–Kier alpha value is -3.12. The molecule has 2 aromatic carbocycles. The first-order chi connectivity index (χ1) is 20.0. The zero-order valence-electron chi connectivity index (χ0n) is 23.2. The summed E-state index contributed by atoms with van der Waals surface area (Å²) in [5.41, 5.74) is 4.89. The third-order valence-electron chi connectivity index (χ3n) is 9.15. The van der Waals surface area contributed by atoms with E-state index in [2.05, 4.69) is 59.8 Å². The van der Waals surface area contributed by atoms with Gasteiger partial charge in [-0.15, -0.1) is 0 Å². The molecule has 214 valence electrons. The minimum absolute atomic E-state index is 0.0483. The zero-order chi connectivity index (χ0) is 28.1. The van der Waals surface area contributed by atoms with Crippen LogP contribution in [0.2, 0.25) is 0 Å². The molecule has 9 nitrogen and oxygen atoms in total. The lowest BCUT2D eigenvalue weighted by molar-refractivity contribution is -0.148. The number of hydrogen-bond acceptors (Lipinski definition) is 7. The number of para-hydroxylation sites is 2. The molecule has 4 aliphatic heterocycles. The van der Waals surface area contributed by atoms with Crippen molar-refractivity contribution in [2.45, 2.75) is 38.6 Å². The Balaban J connectivity index is 1.30. The number of anilines is 2. The average Bonchev–Trinajstić information content (AvgIpc) is 3.42. The second-order valence-electron chi connectivity index (χ2n) is 11.6. The first-order valence-electron chi connectivity index (χ1n) is 14.7. The number of halogens is 1. The van der Waals surface area contributed by atoms with Crippen LogP contribution in [-0.2, 0) is 9.53 Å². The molecular weight excluding hydrogens is 631 g/mol. The van der Waals surface area contributed by atoms with Crippen LogP contribution in [0.1, 0.15) is 32.6 Å². The molecule has 4 aliphatic rings. The first kappa shape index (κ1) is 26.8. The van der Waals surface area contributed by atoms with Crippen molar-refractivity contribution in [3.63, 3.8) is 0 Å². The number of fused-ring (bicyclic) bond motifs is 5. The van der Waals surface area contributed by atoms with E-state index in [1.54, 1.807) is 0 Å². The number of ether oxygens (including phenoxy) is 1. The molecule has 0 saturated carbocycles. The molecule has 4 fully saturated rings. The number of carbonyl (C=O) groups excluding carboxylic acids is 1. The molecule has 8 rings (SSSR count). The monoisotopic (exact) mass is 666 g/mol. The third kappa shape index (κ3) is 4.98. The van der Waals surface area contributed by atoms with Gasteiger partial charge in [-0.3, -0.25) is 9.59 Å². The standard InChI is InChI=1S/C31H35IN6O3/c1-2-41-31(40)19-9-13-38(14-10-19)26-16-24-20(15-21(26)32)28(33-25-17-37-11-7-18(25)8-12-37)27(30(39)36-24)29-34-22-5-3-4-6-23(22)35-29/h3-6,15-16,18-19,25H,2,7-14,17H2,1H3,(H,34,35)(H2,33,36,39)/t25-/m0/s1. The highest BCUT2D eigenvalue weighted by molar-refractivity contribution is 14.1. The van der Waals surface area contributed by atoms with Gasteiger partial charge in [-0.1, -0.05) is 12.1 Å². The predicted octanol–water partition coefficient (Wildman–Crippen LogP) is 4.96. The van der Waals surface area contributed by atoms with Crippen LogP contribution in [0.3, 0.4) is 0 Å². The number of piperidine rings is 4. The van der Waals surface area contributed by atoms with E-state index in [9.17, 15) is 9.59 Å². The maximum absolute atomic E-state index is 13.9. The van der Waals surface area contributed by atoms with E-state index in [-0.39, 0.29) is 23.5 Å². The van der Waals surface area contributed by atoms with Gasteiger partial charge in [-0.2, -0.15) is 0 Å². The van der Waals surface area contributed by atoms with E-state index in [1.165, 1.54) is 12.8 Å². The lowest BCUT2D eigenvalue weighted by Crippen LogP contribution is -2.53. The highest BCUT2D eigenvalue weighted by Gasteiger charge is 2.35. The maximum atomic E-state index is 13.9. The van der Waals surface area contributed by atoms with Crippen LogP contribution >= 0.6 is 22.6 Å². The highest BCUT2D eigenvalue weighted by atomic mass is 127. The van der Waals surface area contributed by atoms with Crippen molar-refractivity contribution in [1.82, 2.24) is 19.9 Å². The largest absolute Gasteiger partial charge is 0.466 e. The molecule has 2 bridgehead atoms. The van der Waals surface area contributed by atoms with Crippen molar-refractivity contribution in [2.75, 3.05) is 49.5 Å². The topological polar surface area (TPSA) is 106 Å². The van der Waals surface area contributed by atoms with Crippen LogP contribution in [0.4, 0.5) is 11.4 Å². The molecule has 0 amide bonds. The summed E-state index contributed by atoms with van der Waals surface area (Å²) in [7, 11) is 0. The Labute approximate surface area is 252 Å². The van der Waals surface area contributed by atoms with Gasteiger partial charge in [-0.25, -0.2) is 4.98 Å². The third-order valence-corrected chi connectivity index (χ3v) is 10.0. The van der Waals surface area contributed by atoms with Gasteiger partial charge < -0.3 is 29.8 Å². The molecule has 1 atom stereocenters. The molecule has 0 radical (unpaired) electrons. The molecule has 0 spiro atoms. The highest BCUT2D eigenvalue weighted by Crippen LogP contribution is 2.39. The van der Waals surface area contributed by atoms with Gasteiger partial charge in [0, 0.05) is 34.6 Å². The number of nitrogens with one attached hydrogen (secondary N) is 3. The Morgan fingerprint density at radius 2 is 1.85 bits per heavy atom. The molecule has 4 saturated heterocycles. The Morgan fingerprint density at radius 3 is 2.56 bits per heavy atom. The normalized spacial score (nSPS) is 22.9. The van der Waals surface area contributed by atoms with Crippen molar-refractivity contribution in [2.24, 2.45) is 11.8 Å². The van der Waals surface area contributed by atoms with Gasteiger partial charge in [0.1, 0.15) is 11.4 Å². The number of rotatable bonds is 6. The second-order valence-corrected chi connectivity index (χ2v) is 12.7. The molecule has 10 heteroatoms. The van der Waals surface area contributed by atoms with E-state index in [1.807, 2.05) is 31.2 Å². The van der Waals surface area contributed by atoms with Gasteiger partial charge >= 0.3 is 5.97 Å². The number of imidazole rings is 1. The Kier molecular flexibility index (Phi) is 7.14. The molecule has 2 aromatic heterocycles. The molecule has 0 unspecified atom stereocenters. The summed E-state index contributed by atoms with van der Waals surface area (Å²) < 4.78 is 6.38. The summed E-state index contributed by atoms with van der Waals surface area (Å²) in [6.07, 6.45) is 3.89. The van der Waals surface area contributed by atoms with Crippen molar-refractivity contribution in [3.05, 3.63) is 50.3 Å². The number of benzene rings is 2. The molecule has 4 aromatic rings. The van der Waals surface area contributed by atoms with Crippen molar-refractivity contribution in [3.8, 4) is 11.4 Å². The summed E-state index contributed by atoms with van der Waals surface area (Å²) in [5.74, 6) is 1.04. The van der Waals surface area contributed by atoms with E-state index in [0.29, 0.717) is 23.9 Å². The molecular formula is C31H35IN6O3. The lowest BCUT2D eigenvalue weighted by atomic mass is 9.83. The summed E-state index contributed by atoms with van der Waals surface area (Å²) in [6.45, 7) is 7.12. The number of pyridine rings is 1. The first-order valence-corrected chi connectivity index (χ1v) is 15.8. The number of nitrogens with zero attached hydrogens (tertiary/aromatic N) is 3. The van der Waals surface area contributed by atoms with Gasteiger partial charge in [0.25, 0.3) is 5.56 Å². The van der Waals surface area contributed by atoms with Crippen LogP contribution in [0, 0.1) is 15.4 Å². The second kappa shape index (κ2) is 10.9. The predicted molar refractivity (Wildman–Crippen MR) is 171 cm³/mol. The number of aromatic nitrogens is 3. The molecule has 41 heavy (non-hydrogen) atoms. The fourth-order valence-electron chi connectivity index (χ4n) is 6.92. The van der Waals surface area contributed by atoms with Crippen molar-refractivity contribution in [1.29, 1.82) is 0 Å². The van der Waals surface area contributed by atoms with E-state index < -0.39 is 0 Å². The van der Waals surface area contributed by atoms with Crippen LogP contribution < -0.4 is 15.8 Å². The SMILES string of the molecule is CCOC(=O)C1CCN(c2cc3[nH]c(=O)c(-c4nc5ccccc5[nH]4)c(N[C@H]4CN5CCC4CC5)c3cc2I)CC1. The summed E-state index contributed by atoms with van der Waals surface area (Å²) in [6, 6.07) is 12.5. The van der Waals surface area contributed by atoms with E-state index >= 15 is 0 Å². The zero-order valence-corrected chi connectivity index (χ0v) is 25.4. The van der Waals surface area contributed by atoms with Gasteiger partial charge in [-0.05, 0) is 98.5 Å². The fourth-order valence-corrected chi connectivity index (χ4v) is 7.73. The van der Waals surface area contributed by atoms with Crippen molar-refractivity contribution < 1.29 is 9.53 Å². The smallest absolute Gasteiger partial charge is 0.309 e. The van der Waals surface area contributed by atoms with Gasteiger partial charge in [0.05, 0.1) is 40.4 Å². The van der Waals surface area contributed by atoms with Crippen LogP contribution in [0.15, 0.2) is 41.2 Å². The van der Waals surface area contributed by atoms with Crippen LogP contribution in [-0.4, -0.2) is 71.2 Å². The number of hydrogen-bond donors (Lipinski definition) is 3. The number of carbonyl (C=O) groups is 1. The summed E-state index contributed by atoms with van der Waals surface area (Å²) in [5, 5.41) is 4.87. The number of esters is 1. The molecule has 0 aliphatic carbocycles. The van der Waals surface area contributed by atoms with E-state index in [4.69, 9.17) is 9.72 Å². The average molecular weight is 667 g/mol.